The molecule has 0 radical (unpaired) electrons. The molecule has 0 aliphatic carbocycles. The van der Waals surface area contributed by atoms with Crippen molar-refractivity contribution in [2.75, 3.05) is 13.2 Å². The smallest absolute Gasteiger partial charge is 0.311 e. The van der Waals surface area contributed by atoms with Crippen molar-refractivity contribution in [3.05, 3.63) is 69.8 Å². The molecule has 24 heavy (non-hydrogen) atoms. The summed E-state index contributed by atoms with van der Waals surface area (Å²) in [7, 11) is 0. The highest BCUT2D eigenvalue weighted by Crippen LogP contribution is 2.31. The molecule has 0 fully saturated rings. The molecule has 0 bridgehead atoms. The molecule has 2 aromatic rings. The van der Waals surface area contributed by atoms with Crippen LogP contribution in [0.3, 0.4) is 0 Å². The highest BCUT2D eigenvalue weighted by atomic mass is 16.6. The molecule has 2 aromatic carbocycles. The summed E-state index contributed by atoms with van der Waals surface area (Å²) in [5, 5.41) is 24.2. The van der Waals surface area contributed by atoms with E-state index in [9.17, 15) is 15.2 Å². The SMILES string of the molecule is CCOc1ccc(C(C)NC(CO)c2ccccc2)cc1[N+](=O)[O-]. The van der Waals surface area contributed by atoms with Crippen LogP contribution in [0.4, 0.5) is 5.69 Å². The second-order valence-corrected chi connectivity index (χ2v) is 5.45. The summed E-state index contributed by atoms with van der Waals surface area (Å²) in [4.78, 5) is 10.8. The Morgan fingerprint density at radius 1 is 1.21 bits per heavy atom. The minimum atomic E-state index is -0.443. The topological polar surface area (TPSA) is 84.6 Å². The third-order valence-corrected chi connectivity index (χ3v) is 3.82. The number of rotatable bonds is 8. The predicted octanol–water partition coefficient (Wildman–Crippen LogP) is 3.38. The van der Waals surface area contributed by atoms with Crippen LogP contribution in [0.15, 0.2) is 48.5 Å². The van der Waals surface area contributed by atoms with Gasteiger partial charge in [-0.2, -0.15) is 0 Å². The number of hydrogen-bond acceptors (Lipinski definition) is 5. The van der Waals surface area contributed by atoms with Crippen molar-refractivity contribution in [3.8, 4) is 5.75 Å². The van der Waals surface area contributed by atoms with Gasteiger partial charge in [-0.3, -0.25) is 10.1 Å². The lowest BCUT2D eigenvalue weighted by Gasteiger charge is -2.22. The van der Waals surface area contributed by atoms with E-state index in [1.54, 1.807) is 19.1 Å². The Labute approximate surface area is 141 Å². The Hall–Kier alpha value is -2.44. The van der Waals surface area contributed by atoms with E-state index < -0.39 is 4.92 Å². The molecule has 128 valence electrons. The lowest BCUT2D eigenvalue weighted by atomic mass is 10.0. The number of nitrogens with one attached hydrogen (secondary N) is 1. The van der Waals surface area contributed by atoms with Crippen LogP contribution in [0.1, 0.15) is 37.1 Å². The zero-order valence-corrected chi connectivity index (χ0v) is 13.8. The molecule has 0 spiro atoms. The zero-order valence-electron chi connectivity index (χ0n) is 13.8. The zero-order chi connectivity index (χ0) is 17.5. The maximum absolute atomic E-state index is 11.2. The number of aliphatic hydroxyl groups is 1. The van der Waals surface area contributed by atoms with E-state index in [2.05, 4.69) is 5.32 Å². The van der Waals surface area contributed by atoms with Gasteiger partial charge < -0.3 is 15.2 Å². The van der Waals surface area contributed by atoms with E-state index in [0.29, 0.717) is 6.61 Å². The van der Waals surface area contributed by atoms with Gasteiger partial charge in [0.05, 0.1) is 24.2 Å². The summed E-state index contributed by atoms with van der Waals surface area (Å²) >= 11 is 0. The van der Waals surface area contributed by atoms with Crippen molar-refractivity contribution in [2.24, 2.45) is 0 Å². The van der Waals surface area contributed by atoms with E-state index in [1.807, 2.05) is 37.3 Å². The maximum atomic E-state index is 11.2. The van der Waals surface area contributed by atoms with Crippen LogP contribution in [0.25, 0.3) is 0 Å². The molecule has 0 aromatic heterocycles. The van der Waals surface area contributed by atoms with Gasteiger partial charge in [-0.25, -0.2) is 0 Å². The van der Waals surface area contributed by atoms with E-state index in [1.165, 1.54) is 6.07 Å². The van der Waals surface area contributed by atoms with Gasteiger partial charge in [0.15, 0.2) is 5.75 Å². The number of nitrogens with zero attached hydrogens (tertiary/aromatic N) is 1. The fourth-order valence-corrected chi connectivity index (χ4v) is 2.56. The van der Waals surface area contributed by atoms with Gasteiger partial charge in [0, 0.05) is 12.1 Å². The van der Waals surface area contributed by atoms with Crippen LogP contribution in [0.2, 0.25) is 0 Å². The highest BCUT2D eigenvalue weighted by molar-refractivity contribution is 5.49. The minimum absolute atomic E-state index is 0.0525. The van der Waals surface area contributed by atoms with Crippen LogP contribution in [-0.2, 0) is 0 Å². The largest absolute Gasteiger partial charge is 0.487 e. The molecule has 6 heteroatoms. The van der Waals surface area contributed by atoms with Gasteiger partial charge in [-0.05, 0) is 31.0 Å². The van der Waals surface area contributed by atoms with E-state index in [4.69, 9.17) is 4.74 Å². The summed E-state index contributed by atoms with van der Waals surface area (Å²) < 4.78 is 5.30. The Morgan fingerprint density at radius 2 is 1.92 bits per heavy atom. The molecule has 6 nitrogen and oxygen atoms in total. The van der Waals surface area contributed by atoms with Crippen LogP contribution in [0, 0.1) is 10.1 Å². The first-order chi connectivity index (χ1) is 11.6. The van der Waals surface area contributed by atoms with E-state index in [0.717, 1.165) is 11.1 Å². The monoisotopic (exact) mass is 330 g/mol. The Morgan fingerprint density at radius 3 is 2.50 bits per heavy atom. The van der Waals surface area contributed by atoms with E-state index >= 15 is 0 Å². The molecule has 0 aliphatic heterocycles. The number of aliphatic hydroxyl groups excluding tert-OH is 1. The molecule has 2 unspecified atom stereocenters. The van der Waals surface area contributed by atoms with Crippen molar-refractivity contribution in [1.82, 2.24) is 5.32 Å². The van der Waals surface area contributed by atoms with Gasteiger partial charge in [0.2, 0.25) is 0 Å². The van der Waals surface area contributed by atoms with Crippen LogP contribution in [0.5, 0.6) is 5.75 Å². The predicted molar refractivity (Wildman–Crippen MR) is 92.1 cm³/mol. The van der Waals surface area contributed by atoms with Crippen molar-refractivity contribution < 1.29 is 14.8 Å². The molecular formula is C18H22N2O4. The molecule has 0 heterocycles. The lowest BCUT2D eigenvalue weighted by molar-refractivity contribution is -0.385. The van der Waals surface area contributed by atoms with Gasteiger partial charge in [-0.15, -0.1) is 0 Å². The number of benzene rings is 2. The summed E-state index contributed by atoms with van der Waals surface area (Å²) in [6.07, 6.45) is 0. The van der Waals surface area contributed by atoms with E-state index in [-0.39, 0.29) is 30.1 Å². The number of nitro groups is 1. The summed E-state index contributed by atoms with van der Waals surface area (Å²) in [5.41, 5.74) is 1.68. The normalized spacial score (nSPS) is 13.3. The van der Waals surface area contributed by atoms with Gasteiger partial charge in [0.1, 0.15) is 0 Å². The fraction of sp³-hybridized carbons (Fsp3) is 0.333. The van der Waals surface area contributed by atoms with Crippen LogP contribution < -0.4 is 10.1 Å². The lowest BCUT2D eigenvalue weighted by Crippen LogP contribution is -2.27. The molecule has 2 N–H and O–H groups in total. The minimum Gasteiger partial charge on any atom is -0.487 e. The quantitative estimate of drug-likeness (QED) is 0.572. The molecule has 0 amide bonds. The Balaban J connectivity index is 2.21. The van der Waals surface area contributed by atoms with Crippen molar-refractivity contribution in [3.63, 3.8) is 0 Å². The Kier molecular flexibility index (Phi) is 6.28. The van der Waals surface area contributed by atoms with Crippen molar-refractivity contribution in [2.45, 2.75) is 25.9 Å². The Bertz CT molecular complexity index is 676. The molecule has 0 saturated carbocycles. The second kappa shape index (κ2) is 8.42. The van der Waals surface area contributed by atoms with Crippen molar-refractivity contribution in [1.29, 1.82) is 0 Å². The molecule has 0 aliphatic rings. The number of nitro benzene ring substituents is 1. The first-order valence-corrected chi connectivity index (χ1v) is 7.89. The van der Waals surface area contributed by atoms with Crippen LogP contribution >= 0.6 is 0 Å². The molecule has 2 atom stereocenters. The fourth-order valence-electron chi connectivity index (χ4n) is 2.56. The summed E-state index contributed by atoms with van der Waals surface area (Å²) in [6.45, 7) is 4.00. The summed E-state index contributed by atoms with van der Waals surface area (Å²) in [5.74, 6) is 0.264. The average Bonchev–Trinajstić information content (AvgIpc) is 2.60. The highest BCUT2D eigenvalue weighted by Gasteiger charge is 2.20. The van der Waals surface area contributed by atoms with Gasteiger partial charge in [-0.1, -0.05) is 36.4 Å². The standard InChI is InChI=1S/C18H22N2O4/c1-3-24-18-10-9-15(11-17(18)20(22)23)13(2)19-16(12-21)14-7-5-4-6-8-14/h4-11,13,16,19,21H,3,12H2,1-2H3. The molecule has 2 rings (SSSR count). The van der Waals surface area contributed by atoms with Gasteiger partial charge >= 0.3 is 5.69 Å². The average molecular weight is 330 g/mol. The third-order valence-electron chi connectivity index (χ3n) is 3.82. The number of ether oxygens (including phenoxy) is 1. The molecular weight excluding hydrogens is 308 g/mol. The molecule has 0 saturated heterocycles. The van der Waals surface area contributed by atoms with Crippen molar-refractivity contribution >= 4 is 5.69 Å². The van der Waals surface area contributed by atoms with Crippen LogP contribution in [-0.4, -0.2) is 23.2 Å². The second-order valence-electron chi connectivity index (χ2n) is 5.45. The first kappa shape index (κ1) is 17.9. The maximum Gasteiger partial charge on any atom is 0.311 e. The first-order valence-electron chi connectivity index (χ1n) is 7.89. The van der Waals surface area contributed by atoms with Gasteiger partial charge in [0.25, 0.3) is 0 Å². The third kappa shape index (κ3) is 4.31. The summed E-state index contributed by atoms with van der Waals surface area (Å²) in [6, 6.07) is 14.1. The number of hydrogen-bond donors (Lipinski definition) is 2.